The maximum absolute atomic E-state index is 13.9. The molecule has 41 heavy (non-hydrogen) atoms. The quantitative estimate of drug-likeness (QED) is 0.224. The second kappa shape index (κ2) is 12.8. The lowest BCUT2D eigenvalue weighted by Gasteiger charge is -2.28. The Balaban J connectivity index is 1.36. The third-order valence-electron chi connectivity index (χ3n) is 7.69. The van der Waals surface area contributed by atoms with Gasteiger partial charge in [0.25, 0.3) is 0 Å². The van der Waals surface area contributed by atoms with Crippen molar-refractivity contribution >= 4 is 28.5 Å². The number of aryl methyl sites for hydroxylation is 1. The average Bonchev–Trinajstić information content (AvgIpc) is 3.77. The van der Waals surface area contributed by atoms with E-state index >= 15 is 0 Å². The van der Waals surface area contributed by atoms with Gasteiger partial charge in [-0.05, 0) is 66.6 Å². The average molecular weight is 555 g/mol. The first-order chi connectivity index (χ1) is 20.0. The molecule has 1 fully saturated rings. The van der Waals surface area contributed by atoms with Crippen molar-refractivity contribution in [3.8, 4) is 11.5 Å². The van der Waals surface area contributed by atoms with Crippen LogP contribution in [0.4, 0.5) is 10.5 Å². The summed E-state index contributed by atoms with van der Waals surface area (Å²) in [5.41, 5.74) is 5.01. The first-order valence-electron chi connectivity index (χ1n) is 14.2. The molecule has 1 heterocycles. The van der Waals surface area contributed by atoms with Gasteiger partial charge < -0.3 is 29.6 Å². The fraction of sp³-hybridized carbons (Fsp3) is 0.333. The molecule has 0 bridgehead atoms. The van der Waals surface area contributed by atoms with E-state index in [0.29, 0.717) is 31.0 Å². The summed E-state index contributed by atoms with van der Waals surface area (Å²) in [5, 5.41) is 4.21. The number of nitrogens with zero attached hydrogens (tertiary/aromatic N) is 2. The zero-order valence-electron chi connectivity index (χ0n) is 24.0. The summed E-state index contributed by atoms with van der Waals surface area (Å²) >= 11 is 0. The molecular formula is C33H38N4O4. The van der Waals surface area contributed by atoms with Gasteiger partial charge in [-0.15, -0.1) is 0 Å². The largest absolute Gasteiger partial charge is 0.493 e. The number of carbonyl (C=O) groups is 2. The number of fused-ring (bicyclic) bond motifs is 1. The van der Waals surface area contributed by atoms with E-state index in [4.69, 9.17) is 9.47 Å². The fourth-order valence-corrected chi connectivity index (χ4v) is 5.22. The molecule has 2 N–H and O–H groups in total. The van der Waals surface area contributed by atoms with Crippen molar-refractivity contribution < 1.29 is 19.1 Å². The minimum absolute atomic E-state index is 0.0198. The first kappa shape index (κ1) is 28.1. The van der Waals surface area contributed by atoms with Gasteiger partial charge in [-0.3, -0.25) is 4.79 Å². The molecule has 8 nitrogen and oxygen atoms in total. The van der Waals surface area contributed by atoms with Crippen molar-refractivity contribution in [1.29, 1.82) is 0 Å². The van der Waals surface area contributed by atoms with Crippen LogP contribution in [0.15, 0.2) is 72.9 Å². The molecule has 0 spiro atoms. The molecule has 0 saturated heterocycles. The number of H-pyrrole nitrogens is 1. The Morgan fingerprint density at radius 2 is 1.71 bits per heavy atom. The Bertz CT molecular complexity index is 1510. The molecule has 1 saturated carbocycles. The van der Waals surface area contributed by atoms with Crippen molar-refractivity contribution in [2.75, 3.05) is 32.6 Å². The van der Waals surface area contributed by atoms with Crippen LogP contribution in [0.5, 0.6) is 11.5 Å². The number of aromatic nitrogens is 1. The van der Waals surface area contributed by atoms with E-state index in [1.54, 1.807) is 19.1 Å². The van der Waals surface area contributed by atoms with Crippen LogP contribution in [0.25, 0.3) is 10.9 Å². The van der Waals surface area contributed by atoms with Crippen molar-refractivity contribution in [2.45, 2.75) is 45.2 Å². The molecule has 1 aliphatic rings. The second-order valence-corrected chi connectivity index (χ2v) is 10.4. The van der Waals surface area contributed by atoms with Gasteiger partial charge in [0.15, 0.2) is 11.5 Å². The molecule has 0 aliphatic heterocycles. The van der Waals surface area contributed by atoms with E-state index in [2.05, 4.69) is 23.3 Å². The zero-order chi connectivity index (χ0) is 28.8. The second-order valence-electron chi connectivity index (χ2n) is 10.4. The summed E-state index contributed by atoms with van der Waals surface area (Å²) in [4.78, 5) is 34.2. The number of aromatic amines is 1. The van der Waals surface area contributed by atoms with Crippen LogP contribution in [-0.2, 0) is 24.2 Å². The van der Waals surface area contributed by atoms with Gasteiger partial charge >= 0.3 is 6.03 Å². The highest BCUT2D eigenvalue weighted by Gasteiger charge is 2.35. The van der Waals surface area contributed by atoms with Crippen LogP contribution in [0.3, 0.4) is 0 Å². The smallest absolute Gasteiger partial charge is 0.322 e. The minimum atomic E-state index is -0.232. The predicted octanol–water partition coefficient (Wildman–Crippen LogP) is 6.02. The van der Waals surface area contributed by atoms with Crippen LogP contribution >= 0.6 is 0 Å². The molecule has 1 aliphatic carbocycles. The molecule has 3 aromatic carbocycles. The Hall–Kier alpha value is -4.46. The van der Waals surface area contributed by atoms with Gasteiger partial charge in [0, 0.05) is 41.9 Å². The molecule has 3 amide bonds. The first-order valence-corrected chi connectivity index (χ1v) is 14.2. The topological polar surface area (TPSA) is 86.9 Å². The summed E-state index contributed by atoms with van der Waals surface area (Å²) < 4.78 is 10.9. The van der Waals surface area contributed by atoms with Gasteiger partial charge in [0.05, 0.1) is 14.2 Å². The number of para-hydroxylation sites is 2. The normalized spacial score (nSPS) is 12.7. The van der Waals surface area contributed by atoms with Crippen LogP contribution in [0, 0.1) is 0 Å². The monoisotopic (exact) mass is 554 g/mol. The van der Waals surface area contributed by atoms with E-state index < -0.39 is 0 Å². The zero-order valence-corrected chi connectivity index (χ0v) is 24.0. The molecule has 0 unspecified atom stereocenters. The van der Waals surface area contributed by atoms with Crippen molar-refractivity contribution in [2.24, 2.45) is 0 Å². The lowest BCUT2D eigenvalue weighted by Crippen LogP contribution is -2.46. The number of anilines is 1. The van der Waals surface area contributed by atoms with E-state index in [-0.39, 0.29) is 24.5 Å². The Morgan fingerprint density at radius 1 is 0.951 bits per heavy atom. The molecule has 8 heteroatoms. The number of hydrogen-bond donors (Lipinski definition) is 2. The Kier molecular flexibility index (Phi) is 8.77. The lowest BCUT2D eigenvalue weighted by atomic mass is 10.1. The summed E-state index contributed by atoms with van der Waals surface area (Å²) in [6.07, 6.45) is 5.31. The predicted molar refractivity (Wildman–Crippen MR) is 162 cm³/mol. The SMILES string of the molecule is CCc1ccccc1NC(=O)N(CC(=O)N(CCc1c[nH]c2ccccc12)Cc1ccc(OC)c(OC)c1)C1CC1. The Morgan fingerprint density at radius 3 is 2.46 bits per heavy atom. The third-order valence-corrected chi connectivity index (χ3v) is 7.69. The van der Waals surface area contributed by atoms with E-state index in [1.807, 2.05) is 71.8 Å². The number of methoxy groups -OCH3 is 2. The maximum Gasteiger partial charge on any atom is 0.322 e. The van der Waals surface area contributed by atoms with Crippen LogP contribution in [-0.4, -0.2) is 60.1 Å². The highest BCUT2D eigenvalue weighted by Crippen LogP contribution is 2.30. The number of ether oxygens (including phenoxy) is 2. The molecular weight excluding hydrogens is 516 g/mol. The summed E-state index contributed by atoms with van der Waals surface area (Å²) in [6.45, 7) is 2.98. The highest BCUT2D eigenvalue weighted by molar-refractivity contribution is 5.93. The molecule has 214 valence electrons. The number of hydrogen-bond acceptors (Lipinski definition) is 4. The van der Waals surface area contributed by atoms with Crippen molar-refractivity contribution in [3.05, 3.63) is 89.6 Å². The van der Waals surface area contributed by atoms with Gasteiger partial charge in [0.2, 0.25) is 5.91 Å². The van der Waals surface area contributed by atoms with Gasteiger partial charge in [-0.1, -0.05) is 49.4 Å². The number of urea groups is 1. The minimum Gasteiger partial charge on any atom is -0.493 e. The van der Waals surface area contributed by atoms with Crippen LogP contribution < -0.4 is 14.8 Å². The Labute approximate surface area is 241 Å². The van der Waals surface area contributed by atoms with Crippen molar-refractivity contribution in [1.82, 2.24) is 14.8 Å². The van der Waals surface area contributed by atoms with Crippen LogP contribution in [0.2, 0.25) is 0 Å². The third kappa shape index (κ3) is 6.65. The van der Waals surface area contributed by atoms with Crippen LogP contribution in [0.1, 0.15) is 36.5 Å². The number of nitrogens with one attached hydrogen (secondary N) is 2. The van der Waals surface area contributed by atoms with Gasteiger partial charge in [-0.2, -0.15) is 0 Å². The standard InChI is InChI=1S/C33H38N4O4/c1-4-24-9-5-7-11-28(24)35-33(39)37(26-14-15-26)22-32(38)36(21-23-13-16-30(40-2)31(19-23)41-3)18-17-25-20-34-29-12-8-6-10-27(25)29/h5-13,16,19-20,26,34H,4,14-15,17-18,21-22H2,1-3H3,(H,35,39). The summed E-state index contributed by atoms with van der Waals surface area (Å²) in [7, 11) is 3.20. The highest BCUT2D eigenvalue weighted by atomic mass is 16.5. The number of rotatable bonds is 12. The summed E-state index contributed by atoms with van der Waals surface area (Å²) in [6, 6.07) is 21.5. The maximum atomic E-state index is 13.9. The lowest BCUT2D eigenvalue weighted by molar-refractivity contribution is -0.132. The van der Waals surface area contributed by atoms with E-state index in [9.17, 15) is 9.59 Å². The fourth-order valence-electron chi connectivity index (χ4n) is 5.22. The molecule has 5 rings (SSSR count). The molecule has 4 aromatic rings. The number of carbonyl (C=O) groups excluding carboxylic acids is 2. The van der Waals surface area contributed by atoms with E-state index in [0.717, 1.165) is 52.5 Å². The molecule has 0 radical (unpaired) electrons. The summed E-state index contributed by atoms with van der Waals surface area (Å²) in [5.74, 6) is 1.16. The van der Waals surface area contributed by atoms with Gasteiger partial charge in [0.1, 0.15) is 6.54 Å². The number of amides is 3. The van der Waals surface area contributed by atoms with E-state index in [1.165, 1.54) is 0 Å². The van der Waals surface area contributed by atoms with Crippen molar-refractivity contribution in [3.63, 3.8) is 0 Å². The van der Waals surface area contributed by atoms with Gasteiger partial charge in [-0.25, -0.2) is 4.79 Å². The number of benzene rings is 3. The molecule has 0 atom stereocenters. The molecule has 1 aromatic heterocycles.